The zero-order chi connectivity index (χ0) is 21.0. The molecule has 0 aliphatic carbocycles. The van der Waals surface area contributed by atoms with Gasteiger partial charge in [-0.25, -0.2) is 8.42 Å². The van der Waals surface area contributed by atoms with Gasteiger partial charge in [-0.3, -0.25) is 9.69 Å². The van der Waals surface area contributed by atoms with Crippen LogP contribution in [0.3, 0.4) is 0 Å². The lowest BCUT2D eigenvalue weighted by Gasteiger charge is -2.39. The Bertz CT molecular complexity index is 780. The van der Waals surface area contributed by atoms with E-state index in [1.165, 1.54) is 12.0 Å². The molecule has 0 radical (unpaired) electrons. The van der Waals surface area contributed by atoms with Crippen LogP contribution in [0.1, 0.15) is 57.9 Å². The molecule has 2 unspecified atom stereocenters. The maximum atomic E-state index is 13.0. The summed E-state index contributed by atoms with van der Waals surface area (Å²) in [7, 11) is -3.49. The third kappa shape index (κ3) is 5.01. The molecule has 7 heteroatoms. The van der Waals surface area contributed by atoms with Crippen molar-refractivity contribution in [2.45, 2.75) is 63.3 Å². The first-order chi connectivity index (χ1) is 13.8. The van der Waals surface area contributed by atoms with Crippen molar-refractivity contribution < 1.29 is 13.2 Å². The first-order valence-electron chi connectivity index (χ1n) is 11.0. The van der Waals surface area contributed by atoms with E-state index in [9.17, 15) is 13.2 Å². The van der Waals surface area contributed by atoms with E-state index < -0.39 is 10.0 Å². The van der Waals surface area contributed by atoms with Gasteiger partial charge < -0.3 is 4.90 Å². The molecule has 0 N–H and O–H groups in total. The van der Waals surface area contributed by atoms with Crippen LogP contribution in [0.2, 0.25) is 0 Å². The Morgan fingerprint density at radius 3 is 2.07 bits per heavy atom. The molecule has 0 aromatic heterocycles. The molecule has 2 aliphatic rings. The molecule has 2 saturated heterocycles. The standard InChI is InChI=1S/C22H35N3O3S/c1-4-18(2)20-8-10-21(11-9-20)29(27,28)25-16-14-23(15-17-25)19(3)22(26)24-12-6-5-7-13-24/h8-11,18-19H,4-7,12-17H2,1-3H3. The van der Waals surface area contributed by atoms with Gasteiger partial charge in [0.25, 0.3) is 0 Å². The molecule has 0 saturated carbocycles. The topological polar surface area (TPSA) is 60.9 Å². The van der Waals surface area contributed by atoms with Gasteiger partial charge in [-0.05, 0) is 56.2 Å². The van der Waals surface area contributed by atoms with Gasteiger partial charge in [0.15, 0.2) is 0 Å². The third-order valence-corrected chi connectivity index (χ3v) is 8.46. The van der Waals surface area contributed by atoms with Crippen molar-refractivity contribution in [3.05, 3.63) is 29.8 Å². The Labute approximate surface area is 175 Å². The molecule has 0 spiro atoms. The van der Waals surface area contributed by atoms with Crippen molar-refractivity contribution in [3.63, 3.8) is 0 Å². The van der Waals surface area contributed by atoms with Gasteiger partial charge in [-0.2, -0.15) is 4.31 Å². The molecular weight excluding hydrogens is 386 g/mol. The maximum absolute atomic E-state index is 13.0. The van der Waals surface area contributed by atoms with E-state index in [0.29, 0.717) is 37.0 Å². The largest absolute Gasteiger partial charge is 0.341 e. The summed E-state index contributed by atoms with van der Waals surface area (Å²) in [6, 6.07) is 7.12. The number of nitrogens with zero attached hydrogens (tertiary/aromatic N) is 3. The van der Waals surface area contributed by atoms with Crippen LogP contribution in [0.5, 0.6) is 0 Å². The van der Waals surface area contributed by atoms with E-state index in [2.05, 4.69) is 18.7 Å². The minimum atomic E-state index is -3.49. The number of hydrogen-bond acceptors (Lipinski definition) is 4. The van der Waals surface area contributed by atoms with Crippen LogP contribution in [0, 0.1) is 0 Å². The molecular formula is C22H35N3O3S. The van der Waals surface area contributed by atoms with Gasteiger partial charge in [-0.15, -0.1) is 0 Å². The molecule has 2 heterocycles. The fourth-order valence-corrected chi connectivity index (χ4v) is 5.64. The summed E-state index contributed by atoms with van der Waals surface area (Å²) < 4.78 is 27.6. The summed E-state index contributed by atoms with van der Waals surface area (Å²) in [5.74, 6) is 0.607. The van der Waals surface area contributed by atoms with Gasteiger partial charge in [0.1, 0.15) is 0 Å². The second kappa shape index (κ2) is 9.58. The summed E-state index contributed by atoms with van der Waals surface area (Å²) >= 11 is 0. The van der Waals surface area contributed by atoms with Crippen LogP contribution < -0.4 is 0 Å². The molecule has 0 bridgehead atoms. The van der Waals surface area contributed by atoms with Crippen LogP contribution in [0.4, 0.5) is 0 Å². The van der Waals surface area contributed by atoms with E-state index >= 15 is 0 Å². The molecule has 162 valence electrons. The zero-order valence-electron chi connectivity index (χ0n) is 18.0. The molecule has 1 aromatic carbocycles. The van der Waals surface area contributed by atoms with E-state index in [1.807, 2.05) is 24.0 Å². The minimum absolute atomic E-state index is 0.182. The molecule has 2 fully saturated rings. The lowest BCUT2D eigenvalue weighted by atomic mass is 9.99. The average Bonchev–Trinajstić information content (AvgIpc) is 2.78. The lowest BCUT2D eigenvalue weighted by molar-refractivity contribution is -0.137. The van der Waals surface area contributed by atoms with E-state index in [4.69, 9.17) is 0 Å². The van der Waals surface area contributed by atoms with Crippen molar-refractivity contribution >= 4 is 15.9 Å². The number of piperazine rings is 1. The highest BCUT2D eigenvalue weighted by atomic mass is 32.2. The first-order valence-corrected chi connectivity index (χ1v) is 12.4. The SMILES string of the molecule is CCC(C)c1ccc(S(=O)(=O)N2CCN(C(C)C(=O)N3CCCCC3)CC2)cc1. The number of sulfonamides is 1. The summed E-state index contributed by atoms with van der Waals surface area (Å²) in [5, 5.41) is 0. The van der Waals surface area contributed by atoms with Gasteiger partial charge in [0, 0.05) is 39.3 Å². The molecule has 1 aromatic rings. The average molecular weight is 422 g/mol. The monoisotopic (exact) mass is 421 g/mol. The molecule has 2 atom stereocenters. The highest BCUT2D eigenvalue weighted by Gasteiger charge is 2.33. The third-order valence-electron chi connectivity index (χ3n) is 6.55. The molecule has 2 aliphatic heterocycles. The number of hydrogen-bond donors (Lipinski definition) is 0. The van der Waals surface area contributed by atoms with Gasteiger partial charge in [0.05, 0.1) is 10.9 Å². The zero-order valence-corrected chi connectivity index (χ0v) is 18.8. The quantitative estimate of drug-likeness (QED) is 0.709. The van der Waals surface area contributed by atoms with Gasteiger partial charge in [0.2, 0.25) is 15.9 Å². The number of carbonyl (C=O) groups excluding carboxylic acids is 1. The Kier molecular flexibility index (Phi) is 7.35. The summed E-state index contributed by atoms with van der Waals surface area (Å²) in [4.78, 5) is 17.2. The van der Waals surface area contributed by atoms with Crippen LogP contribution in [0.25, 0.3) is 0 Å². The number of amides is 1. The number of rotatable bonds is 6. The molecule has 6 nitrogen and oxygen atoms in total. The minimum Gasteiger partial charge on any atom is -0.341 e. The number of piperidine rings is 1. The number of likely N-dealkylation sites (tertiary alicyclic amines) is 1. The summed E-state index contributed by atoms with van der Waals surface area (Å²) in [5.41, 5.74) is 1.17. The lowest BCUT2D eigenvalue weighted by Crippen LogP contribution is -2.55. The second-order valence-electron chi connectivity index (χ2n) is 8.38. The van der Waals surface area contributed by atoms with Gasteiger partial charge >= 0.3 is 0 Å². The van der Waals surface area contributed by atoms with Crippen molar-refractivity contribution in [3.8, 4) is 0 Å². The van der Waals surface area contributed by atoms with Crippen LogP contribution in [-0.2, 0) is 14.8 Å². The van der Waals surface area contributed by atoms with Crippen molar-refractivity contribution in [1.82, 2.24) is 14.1 Å². The van der Waals surface area contributed by atoms with Crippen molar-refractivity contribution in [2.75, 3.05) is 39.3 Å². The Hall–Kier alpha value is -1.44. The molecule has 1 amide bonds. The first kappa shape index (κ1) is 22.2. The fourth-order valence-electron chi connectivity index (χ4n) is 4.22. The summed E-state index contributed by atoms with van der Waals surface area (Å²) in [6.07, 6.45) is 4.40. The Morgan fingerprint density at radius 1 is 0.931 bits per heavy atom. The Morgan fingerprint density at radius 2 is 1.52 bits per heavy atom. The van der Waals surface area contributed by atoms with Crippen LogP contribution in [-0.4, -0.2) is 73.7 Å². The van der Waals surface area contributed by atoms with E-state index in [1.54, 1.807) is 16.4 Å². The molecule has 29 heavy (non-hydrogen) atoms. The normalized spacial score (nSPS) is 21.7. The fraction of sp³-hybridized carbons (Fsp3) is 0.682. The smallest absolute Gasteiger partial charge is 0.243 e. The predicted octanol–water partition coefficient (Wildman–Crippen LogP) is 2.91. The number of benzene rings is 1. The Balaban J connectivity index is 1.59. The highest BCUT2D eigenvalue weighted by Crippen LogP contribution is 2.23. The maximum Gasteiger partial charge on any atom is 0.243 e. The second-order valence-corrected chi connectivity index (χ2v) is 10.3. The van der Waals surface area contributed by atoms with E-state index in [-0.39, 0.29) is 11.9 Å². The highest BCUT2D eigenvalue weighted by molar-refractivity contribution is 7.89. The summed E-state index contributed by atoms with van der Waals surface area (Å²) in [6.45, 7) is 9.96. The van der Waals surface area contributed by atoms with Crippen LogP contribution >= 0.6 is 0 Å². The molecule has 3 rings (SSSR count). The van der Waals surface area contributed by atoms with Crippen molar-refractivity contribution in [2.24, 2.45) is 0 Å². The van der Waals surface area contributed by atoms with Crippen molar-refractivity contribution in [1.29, 1.82) is 0 Å². The van der Waals surface area contributed by atoms with E-state index in [0.717, 1.165) is 32.4 Å². The van der Waals surface area contributed by atoms with Gasteiger partial charge in [-0.1, -0.05) is 26.0 Å². The van der Waals surface area contributed by atoms with Crippen LogP contribution in [0.15, 0.2) is 29.2 Å². The predicted molar refractivity (Wildman–Crippen MR) is 115 cm³/mol. The number of carbonyl (C=O) groups is 1.